The molecule has 1 atom stereocenters. The summed E-state index contributed by atoms with van der Waals surface area (Å²) >= 11 is 0. The van der Waals surface area contributed by atoms with E-state index in [9.17, 15) is 4.79 Å². The SMILES string of the molecule is COC(=O)[C@@H](OC(C)(C)C)c1c(C)c2c(c(C)c1-c1ccc(C)cc1)OCc1c(C)nnn1-2. The fourth-order valence-electron chi connectivity index (χ4n) is 4.38. The van der Waals surface area contributed by atoms with Crippen molar-refractivity contribution in [1.82, 2.24) is 15.0 Å². The number of carbonyl (C=O) groups excluding carboxylic acids is 1. The minimum absolute atomic E-state index is 0.387. The van der Waals surface area contributed by atoms with Crippen LogP contribution in [-0.4, -0.2) is 33.7 Å². The van der Waals surface area contributed by atoms with Gasteiger partial charge in [0.15, 0.2) is 6.10 Å². The first-order chi connectivity index (χ1) is 15.5. The molecule has 4 rings (SSSR count). The Kier molecular flexibility index (Phi) is 5.78. The number of esters is 1. The van der Waals surface area contributed by atoms with E-state index in [1.54, 1.807) is 0 Å². The standard InChI is InChI=1S/C26H31N3O4/c1-14-9-11-18(12-10-14)20-16(3)23-22(29-19(13-32-23)17(4)27-28-29)15(2)21(20)24(25(30)31-8)33-26(5,6)7/h9-12,24H,13H2,1-8H3/t24-/m0/s1. The van der Waals surface area contributed by atoms with Gasteiger partial charge < -0.3 is 14.2 Å². The van der Waals surface area contributed by atoms with Crippen LogP contribution in [0.5, 0.6) is 5.75 Å². The fourth-order valence-corrected chi connectivity index (χ4v) is 4.38. The Balaban J connectivity index is 2.09. The summed E-state index contributed by atoms with van der Waals surface area (Å²) in [7, 11) is 1.38. The Morgan fingerprint density at radius 3 is 2.36 bits per heavy atom. The minimum Gasteiger partial charge on any atom is -0.485 e. The summed E-state index contributed by atoms with van der Waals surface area (Å²) in [6, 6.07) is 8.24. The van der Waals surface area contributed by atoms with Gasteiger partial charge in [-0.05, 0) is 65.2 Å². The van der Waals surface area contributed by atoms with E-state index in [4.69, 9.17) is 14.2 Å². The molecule has 7 nitrogen and oxygen atoms in total. The van der Waals surface area contributed by atoms with Crippen molar-refractivity contribution in [1.29, 1.82) is 0 Å². The first-order valence-electron chi connectivity index (χ1n) is 11.1. The van der Waals surface area contributed by atoms with Gasteiger partial charge in [-0.25, -0.2) is 9.48 Å². The number of carbonyl (C=O) groups is 1. The summed E-state index contributed by atoms with van der Waals surface area (Å²) in [5.41, 5.74) is 7.47. The van der Waals surface area contributed by atoms with Crippen molar-refractivity contribution in [3.63, 3.8) is 0 Å². The summed E-state index contributed by atoms with van der Waals surface area (Å²) in [5, 5.41) is 8.64. The van der Waals surface area contributed by atoms with Crippen molar-refractivity contribution < 1.29 is 19.0 Å². The first kappa shape index (κ1) is 23.0. The molecule has 3 aromatic rings. The highest BCUT2D eigenvalue weighted by Gasteiger charge is 2.37. The first-order valence-corrected chi connectivity index (χ1v) is 11.1. The third-order valence-corrected chi connectivity index (χ3v) is 5.97. The van der Waals surface area contributed by atoms with Gasteiger partial charge in [-0.1, -0.05) is 35.0 Å². The molecule has 0 spiro atoms. The summed E-state index contributed by atoms with van der Waals surface area (Å²) < 4.78 is 19.6. The largest absolute Gasteiger partial charge is 0.485 e. The average molecular weight is 450 g/mol. The molecule has 1 aliphatic rings. The molecule has 7 heteroatoms. The number of fused-ring (bicyclic) bond motifs is 3. The van der Waals surface area contributed by atoms with Gasteiger partial charge in [0.2, 0.25) is 0 Å². The lowest BCUT2D eigenvalue weighted by Crippen LogP contribution is -2.30. The Labute approximate surface area is 194 Å². The quantitative estimate of drug-likeness (QED) is 0.517. The number of aromatic nitrogens is 3. The molecule has 0 fully saturated rings. The highest BCUT2D eigenvalue weighted by molar-refractivity contribution is 5.87. The van der Waals surface area contributed by atoms with Crippen LogP contribution < -0.4 is 4.74 Å². The van der Waals surface area contributed by atoms with Crippen LogP contribution in [0.4, 0.5) is 0 Å². The van der Waals surface area contributed by atoms with Gasteiger partial charge in [-0.15, -0.1) is 5.10 Å². The van der Waals surface area contributed by atoms with Crippen molar-refractivity contribution in [2.24, 2.45) is 0 Å². The third-order valence-electron chi connectivity index (χ3n) is 5.97. The molecule has 33 heavy (non-hydrogen) atoms. The maximum atomic E-state index is 13.1. The van der Waals surface area contributed by atoms with Crippen LogP contribution in [0.15, 0.2) is 24.3 Å². The molecule has 1 aromatic heterocycles. The second-order valence-corrected chi connectivity index (χ2v) is 9.54. The second kappa shape index (κ2) is 8.30. The Morgan fingerprint density at radius 1 is 1.09 bits per heavy atom. The van der Waals surface area contributed by atoms with E-state index in [0.29, 0.717) is 6.61 Å². The molecule has 1 aliphatic heterocycles. The molecule has 174 valence electrons. The number of aryl methyl sites for hydroxylation is 2. The summed E-state index contributed by atoms with van der Waals surface area (Å²) in [5.74, 6) is 0.288. The van der Waals surface area contributed by atoms with Crippen LogP contribution in [0.1, 0.15) is 60.5 Å². The van der Waals surface area contributed by atoms with E-state index in [1.807, 2.05) is 53.1 Å². The van der Waals surface area contributed by atoms with Crippen molar-refractivity contribution in [3.8, 4) is 22.6 Å². The molecule has 0 radical (unpaired) electrons. The lowest BCUT2D eigenvalue weighted by atomic mass is 9.86. The van der Waals surface area contributed by atoms with Crippen LogP contribution in [0.3, 0.4) is 0 Å². The van der Waals surface area contributed by atoms with E-state index < -0.39 is 17.7 Å². The van der Waals surface area contributed by atoms with Crippen molar-refractivity contribution >= 4 is 5.97 Å². The van der Waals surface area contributed by atoms with Gasteiger partial charge in [0.1, 0.15) is 23.7 Å². The summed E-state index contributed by atoms with van der Waals surface area (Å²) in [6.45, 7) is 14.1. The molecule has 0 bridgehead atoms. The topological polar surface area (TPSA) is 75.5 Å². The number of benzene rings is 2. The van der Waals surface area contributed by atoms with E-state index >= 15 is 0 Å². The van der Waals surface area contributed by atoms with Gasteiger partial charge in [-0.3, -0.25) is 0 Å². The zero-order valence-electron chi connectivity index (χ0n) is 20.6. The average Bonchev–Trinajstić information content (AvgIpc) is 3.14. The maximum Gasteiger partial charge on any atom is 0.339 e. The van der Waals surface area contributed by atoms with E-state index in [-0.39, 0.29) is 0 Å². The van der Waals surface area contributed by atoms with Gasteiger partial charge in [-0.2, -0.15) is 0 Å². The van der Waals surface area contributed by atoms with Gasteiger partial charge in [0.05, 0.1) is 18.4 Å². The summed E-state index contributed by atoms with van der Waals surface area (Å²) in [4.78, 5) is 13.1. The van der Waals surface area contributed by atoms with Crippen molar-refractivity contribution in [3.05, 3.63) is 57.9 Å². The van der Waals surface area contributed by atoms with Crippen LogP contribution >= 0.6 is 0 Å². The molecule has 0 unspecified atom stereocenters. The number of ether oxygens (including phenoxy) is 3. The van der Waals surface area contributed by atoms with Gasteiger partial charge in [0.25, 0.3) is 0 Å². The maximum absolute atomic E-state index is 13.1. The molecule has 0 saturated carbocycles. The highest BCUT2D eigenvalue weighted by Crippen LogP contribution is 2.47. The molecule has 0 aliphatic carbocycles. The van der Waals surface area contributed by atoms with Gasteiger partial charge in [0, 0.05) is 11.1 Å². The van der Waals surface area contributed by atoms with Crippen LogP contribution in [0, 0.1) is 27.7 Å². The monoisotopic (exact) mass is 449 g/mol. The lowest BCUT2D eigenvalue weighted by molar-refractivity contribution is -0.164. The smallest absolute Gasteiger partial charge is 0.339 e. The number of rotatable bonds is 4. The van der Waals surface area contributed by atoms with Crippen molar-refractivity contribution in [2.45, 2.75) is 66.8 Å². The zero-order chi connectivity index (χ0) is 24.1. The molecular weight excluding hydrogens is 418 g/mol. The lowest BCUT2D eigenvalue weighted by Gasteiger charge is -2.32. The Bertz CT molecular complexity index is 1220. The van der Waals surface area contributed by atoms with Gasteiger partial charge >= 0.3 is 5.97 Å². The molecule has 0 N–H and O–H groups in total. The predicted molar refractivity (Wildman–Crippen MR) is 126 cm³/mol. The van der Waals surface area contributed by atoms with E-state index in [1.165, 1.54) is 7.11 Å². The van der Waals surface area contributed by atoms with E-state index in [0.717, 1.165) is 56.2 Å². The normalized spacial score (nSPS) is 13.7. The molecule has 2 heterocycles. The predicted octanol–water partition coefficient (Wildman–Crippen LogP) is 5.09. The Hall–Kier alpha value is -3.19. The number of nitrogens with zero attached hydrogens (tertiary/aromatic N) is 3. The second-order valence-electron chi connectivity index (χ2n) is 9.54. The third kappa shape index (κ3) is 4.02. The molecular formula is C26H31N3O4. The fraction of sp³-hybridized carbons (Fsp3) is 0.423. The van der Waals surface area contributed by atoms with Crippen LogP contribution in [0.2, 0.25) is 0 Å². The Morgan fingerprint density at radius 2 is 1.76 bits per heavy atom. The minimum atomic E-state index is -0.926. The van der Waals surface area contributed by atoms with E-state index in [2.05, 4.69) is 34.6 Å². The van der Waals surface area contributed by atoms with Crippen LogP contribution in [0.25, 0.3) is 16.8 Å². The number of hydrogen-bond donors (Lipinski definition) is 0. The number of methoxy groups -OCH3 is 1. The number of hydrogen-bond acceptors (Lipinski definition) is 6. The zero-order valence-corrected chi connectivity index (χ0v) is 20.6. The molecule has 0 saturated heterocycles. The van der Waals surface area contributed by atoms with Crippen LogP contribution in [-0.2, 0) is 20.9 Å². The molecule has 0 amide bonds. The van der Waals surface area contributed by atoms with Crippen molar-refractivity contribution in [2.75, 3.05) is 7.11 Å². The summed E-state index contributed by atoms with van der Waals surface area (Å²) in [6.07, 6.45) is -0.926. The molecule has 2 aromatic carbocycles. The highest BCUT2D eigenvalue weighted by atomic mass is 16.6.